The van der Waals surface area contributed by atoms with E-state index in [1.807, 2.05) is 0 Å². The summed E-state index contributed by atoms with van der Waals surface area (Å²) in [4.78, 5) is 3.59. The first-order chi connectivity index (χ1) is 10.5. The Morgan fingerprint density at radius 2 is 1.70 bits per heavy atom. The summed E-state index contributed by atoms with van der Waals surface area (Å²) in [7, 11) is -8.41. The van der Waals surface area contributed by atoms with Gasteiger partial charge in [-0.3, -0.25) is 0 Å². The molecule has 5 N–H and O–H groups in total. The number of hydrogen-bond acceptors (Lipinski definition) is 7. The summed E-state index contributed by atoms with van der Waals surface area (Å²) in [6.45, 7) is 0.192. The molecule has 0 amide bonds. The monoisotopic (exact) mass is 416 g/mol. The smallest absolute Gasteiger partial charge is 0.240 e. The number of rotatable bonds is 5. The Hall–Kier alpha value is -0.950. The molecule has 13 heteroatoms. The first-order valence-corrected chi connectivity index (χ1v) is 10.4. The second kappa shape index (κ2) is 6.51. The van der Waals surface area contributed by atoms with Crippen LogP contribution in [-0.2, 0) is 26.6 Å². The quantitative estimate of drug-likeness (QED) is 0.670. The molecule has 0 spiro atoms. The van der Waals surface area contributed by atoms with Gasteiger partial charge >= 0.3 is 0 Å². The third kappa shape index (κ3) is 4.53. The fourth-order valence-corrected chi connectivity index (χ4v) is 4.49. The van der Waals surface area contributed by atoms with Crippen molar-refractivity contribution < 1.29 is 16.8 Å². The van der Waals surface area contributed by atoms with Crippen molar-refractivity contribution in [1.29, 1.82) is 0 Å². The summed E-state index contributed by atoms with van der Waals surface area (Å²) in [5.41, 5.74) is 0.0365. The lowest BCUT2D eigenvalue weighted by Gasteiger charge is -2.12. The summed E-state index contributed by atoms with van der Waals surface area (Å²) in [5, 5.41) is 12.7. The summed E-state index contributed by atoms with van der Waals surface area (Å²) < 4.78 is 46.6. The van der Waals surface area contributed by atoms with E-state index in [2.05, 4.69) is 10.3 Å². The fourth-order valence-electron chi connectivity index (χ4n) is 1.67. The summed E-state index contributed by atoms with van der Waals surface area (Å²) in [6, 6.07) is 1.94. The average molecular weight is 417 g/mol. The Morgan fingerprint density at radius 1 is 1.09 bits per heavy atom. The van der Waals surface area contributed by atoms with Gasteiger partial charge in [0.2, 0.25) is 20.0 Å². The number of nitrogens with one attached hydrogen (secondary N) is 1. The molecule has 0 bridgehead atoms. The van der Waals surface area contributed by atoms with Gasteiger partial charge < -0.3 is 5.32 Å². The largest absolute Gasteiger partial charge is 0.379 e. The molecule has 0 saturated carbocycles. The molecule has 2 aromatic rings. The van der Waals surface area contributed by atoms with E-state index in [1.54, 1.807) is 0 Å². The molecule has 8 nitrogen and oxygen atoms in total. The molecule has 0 radical (unpaired) electrons. The lowest BCUT2D eigenvalue weighted by Crippen LogP contribution is -2.18. The molecule has 2 rings (SSSR count). The predicted molar refractivity (Wildman–Crippen MR) is 88.6 cm³/mol. The number of sulfonamides is 2. The van der Waals surface area contributed by atoms with Crippen LogP contribution in [0.5, 0.6) is 0 Å². The normalized spacial score (nSPS) is 12.3. The van der Waals surface area contributed by atoms with Crippen LogP contribution in [0, 0.1) is 0 Å². The molecule has 0 fully saturated rings. The van der Waals surface area contributed by atoms with E-state index in [0.717, 1.165) is 17.0 Å². The molecular weight excluding hydrogens is 407 g/mol. The Morgan fingerprint density at radius 3 is 2.17 bits per heavy atom. The highest BCUT2D eigenvalue weighted by Gasteiger charge is 2.22. The van der Waals surface area contributed by atoms with Crippen LogP contribution >= 0.6 is 34.5 Å². The minimum absolute atomic E-state index is 0.0365. The Kier molecular flexibility index (Phi) is 5.21. The highest BCUT2D eigenvalue weighted by atomic mass is 35.5. The zero-order valence-electron chi connectivity index (χ0n) is 11.2. The summed E-state index contributed by atoms with van der Waals surface area (Å²) in [6.07, 6.45) is 1.51. The van der Waals surface area contributed by atoms with E-state index >= 15 is 0 Å². The third-order valence-corrected chi connectivity index (χ3v) is 6.07. The topological polar surface area (TPSA) is 145 Å². The van der Waals surface area contributed by atoms with Gasteiger partial charge in [0.1, 0.15) is 9.79 Å². The molecule has 0 saturated heterocycles. The number of halogens is 2. The average Bonchev–Trinajstić information content (AvgIpc) is 2.79. The van der Waals surface area contributed by atoms with Gasteiger partial charge in [0.25, 0.3) is 0 Å². The van der Waals surface area contributed by atoms with Gasteiger partial charge in [-0.05, 0) is 12.1 Å². The Bertz CT molecular complexity index is 956. The molecule has 126 valence electrons. The van der Waals surface area contributed by atoms with Crippen molar-refractivity contribution in [2.24, 2.45) is 10.3 Å². The van der Waals surface area contributed by atoms with Crippen LogP contribution in [0.25, 0.3) is 0 Å². The molecule has 0 aliphatic carbocycles. The van der Waals surface area contributed by atoms with Gasteiger partial charge in [-0.1, -0.05) is 23.2 Å². The first kappa shape index (κ1) is 18.4. The van der Waals surface area contributed by atoms with E-state index in [4.69, 9.17) is 33.5 Å². The minimum Gasteiger partial charge on any atom is -0.379 e. The lowest BCUT2D eigenvalue weighted by molar-refractivity contribution is 0.596. The summed E-state index contributed by atoms with van der Waals surface area (Å²) >= 11 is 12.8. The second-order valence-corrected chi connectivity index (χ2v) is 9.47. The standard InChI is InChI=1S/C10H10Cl2N4O4S3/c11-6-1-7(15-3-5-4-16-10(12)21-5)9(23(14,19)20)2-8(6)22(13,17)18/h1-2,4,15H,3H2,(H2,13,17,18)(H2,14,19,20). The molecule has 23 heavy (non-hydrogen) atoms. The van der Waals surface area contributed by atoms with Crippen LogP contribution in [0.3, 0.4) is 0 Å². The van der Waals surface area contributed by atoms with Crippen LogP contribution in [0.4, 0.5) is 5.69 Å². The van der Waals surface area contributed by atoms with Gasteiger partial charge in [-0.25, -0.2) is 32.1 Å². The highest BCUT2D eigenvalue weighted by Crippen LogP contribution is 2.31. The maximum atomic E-state index is 11.7. The summed E-state index contributed by atoms with van der Waals surface area (Å²) in [5.74, 6) is 0. The molecule has 0 unspecified atom stereocenters. The van der Waals surface area contributed by atoms with Gasteiger partial charge in [-0.2, -0.15) is 0 Å². The molecule has 1 heterocycles. The van der Waals surface area contributed by atoms with Crippen molar-refractivity contribution in [2.45, 2.75) is 16.3 Å². The number of nitrogens with zero attached hydrogens (tertiary/aromatic N) is 1. The van der Waals surface area contributed by atoms with Gasteiger partial charge in [0, 0.05) is 11.1 Å². The molecule has 1 aromatic heterocycles. The zero-order valence-corrected chi connectivity index (χ0v) is 15.1. The van der Waals surface area contributed by atoms with E-state index < -0.39 is 29.8 Å². The SMILES string of the molecule is NS(=O)(=O)c1cc(S(N)(=O)=O)c(NCc2cnc(Cl)s2)cc1Cl. The number of benzene rings is 1. The van der Waals surface area contributed by atoms with E-state index in [-0.39, 0.29) is 17.3 Å². The fraction of sp³-hybridized carbons (Fsp3) is 0.100. The molecule has 0 aliphatic rings. The van der Waals surface area contributed by atoms with Crippen molar-refractivity contribution in [3.63, 3.8) is 0 Å². The molecule has 0 aliphatic heterocycles. The van der Waals surface area contributed by atoms with Gasteiger partial charge in [-0.15, -0.1) is 11.3 Å². The van der Waals surface area contributed by atoms with Crippen molar-refractivity contribution in [3.05, 3.63) is 32.7 Å². The zero-order chi connectivity index (χ0) is 17.4. The second-order valence-electron chi connectivity index (χ2n) is 4.30. The number of nitrogens with two attached hydrogens (primary N) is 2. The first-order valence-electron chi connectivity index (χ1n) is 5.71. The lowest BCUT2D eigenvalue weighted by atomic mass is 10.3. The third-order valence-electron chi connectivity index (χ3n) is 2.63. The predicted octanol–water partition coefficient (Wildman–Crippen LogP) is 1.36. The number of primary sulfonamides is 2. The number of aromatic nitrogens is 1. The Balaban J connectivity index is 2.48. The van der Waals surface area contributed by atoms with Gasteiger partial charge in [0.15, 0.2) is 4.47 Å². The molecule has 0 atom stereocenters. The van der Waals surface area contributed by atoms with Crippen LogP contribution in [-0.4, -0.2) is 21.8 Å². The van der Waals surface area contributed by atoms with Crippen LogP contribution in [0.2, 0.25) is 9.49 Å². The maximum Gasteiger partial charge on any atom is 0.240 e. The van der Waals surface area contributed by atoms with E-state index in [1.165, 1.54) is 17.5 Å². The van der Waals surface area contributed by atoms with Crippen molar-refractivity contribution in [3.8, 4) is 0 Å². The highest BCUT2D eigenvalue weighted by molar-refractivity contribution is 7.90. The van der Waals surface area contributed by atoms with Gasteiger partial charge in [0.05, 0.1) is 17.3 Å². The van der Waals surface area contributed by atoms with Crippen LogP contribution in [0.1, 0.15) is 4.88 Å². The molecule has 1 aromatic carbocycles. The van der Waals surface area contributed by atoms with Crippen molar-refractivity contribution in [1.82, 2.24) is 4.98 Å². The van der Waals surface area contributed by atoms with Crippen molar-refractivity contribution >= 4 is 60.3 Å². The van der Waals surface area contributed by atoms with E-state index in [0.29, 0.717) is 4.47 Å². The Labute approximate surface area is 146 Å². The van der Waals surface area contributed by atoms with Crippen LogP contribution < -0.4 is 15.6 Å². The minimum atomic E-state index is -4.21. The van der Waals surface area contributed by atoms with Crippen LogP contribution in [0.15, 0.2) is 28.1 Å². The number of hydrogen-bond donors (Lipinski definition) is 3. The number of thiazole rings is 1. The van der Waals surface area contributed by atoms with E-state index in [9.17, 15) is 16.8 Å². The van der Waals surface area contributed by atoms with Crippen molar-refractivity contribution in [2.75, 3.05) is 5.32 Å². The maximum absolute atomic E-state index is 11.7. The molecular formula is C10H10Cl2N4O4S3. The number of anilines is 1.